The summed E-state index contributed by atoms with van der Waals surface area (Å²) >= 11 is 0. The molecular weight excluding hydrogens is 169 g/mol. The van der Waals surface area contributed by atoms with Crippen molar-refractivity contribution in [2.75, 3.05) is 0 Å². The summed E-state index contributed by atoms with van der Waals surface area (Å²) in [5.41, 5.74) is -0.0185. The summed E-state index contributed by atoms with van der Waals surface area (Å²) in [4.78, 5) is 0. The van der Waals surface area contributed by atoms with Gasteiger partial charge in [-0.05, 0) is 20.8 Å². The Labute approximate surface area is 76.8 Å². The Kier molecular flexibility index (Phi) is 2.37. The maximum Gasteiger partial charge on any atom is 0.216 e. The monoisotopic (exact) mass is 181 g/mol. The average molecular weight is 181 g/mol. The highest BCUT2D eigenvalue weighted by atomic mass is 19.1. The molecule has 1 heterocycles. The molecular formula is C9H12FN3. The number of halogens is 1. The van der Waals surface area contributed by atoms with E-state index in [0.29, 0.717) is 5.56 Å². The summed E-state index contributed by atoms with van der Waals surface area (Å²) in [5.74, 6) is -0.408. The van der Waals surface area contributed by atoms with Gasteiger partial charge in [-0.25, -0.2) is 4.68 Å². The van der Waals surface area contributed by atoms with Crippen molar-refractivity contribution in [3.8, 4) is 6.07 Å². The van der Waals surface area contributed by atoms with Gasteiger partial charge in [0, 0.05) is 5.56 Å². The molecule has 0 fully saturated rings. The van der Waals surface area contributed by atoms with Gasteiger partial charge in [0.1, 0.15) is 0 Å². The Hall–Kier alpha value is -1.37. The van der Waals surface area contributed by atoms with Gasteiger partial charge in [-0.1, -0.05) is 0 Å². The first-order valence-electron chi connectivity index (χ1n) is 4.06. The first-order valence-corrected chi connectivity index (χ1v) is 4.06. The lowest BCUT2D eigenvalue weighted by Crippen LogP contribution is -2.24. The molecule has 0 aliphatic rings. The third-order valence-electron chi connectivity index (χ3n) is 1.68. The molecule has 4 heteroatoms. The average Bonchev–Trinajstić information content (AvgIpc) is 2.32. The normalized spacial score (nSPS) is 11.3. The largest absolute Gasteiger partial charge is 0.234 e. The number of hydrogen-bond acceptors (Lipinski definition) is 2. The van der Waals surface area contributed by atoms with Crippen LogP contribution in [0.2, 0.25) is 0 Å². The van der Waals surface area contributed by atoms with E-state index in [1.54, 1.807) is 0 Å². The van der Waals surface area contributed by atoms with Crippen LogP contribution in [0.15, 0.2) is 6.20 Å². The Bertz CT molecular complexity index is 341. The van der Waals surface area contributed by atoms with Crippen LogP contribution in [0.25, 0.3) is 0 Å². The van der Waals surface area contributed by atoms with Gasteiger partial charge in [-0.15, -0.1) is 0 Å². The van der Waals surface area contributed by atoms with Crippen molar-refractivity contribution in [2.45, 2.75) is 32.7 Å². The highest BCUT2D eigenvalue weighted by Gasteiger charge is 2.20. The lowest BCUT2D eigenvalue weighted by molar-refractivity contribution is 0.298. The quantitative estimate of drug-likeness (QED) is 0.663. The van der Waals surface area contributed by atoms with Crippen molar-refractivity contribution in [3.63, 3.8) is 0 Å². The van der Waals surface area contributed by atoms with Crippen molar-refractivity contribution < 1.29 is 4.39 Å². The van der Waals surface area contributed by atoms with Gasteiger partial charge in [0.05, 0.1) is 24.2 Å². The molecule has 13 heavy (non-hydrogen) atoms. The SMILES string of the molecule is CC(C)(C)n1ncc(CC#N)c1F. The van der Waals surface area contributed by atoms with Crippen LogP contribution in [0.1, 0.15) is 26.3 Å². The van der Waals surface area contributed by atoms with Crippen LogP contribution in [-0.4, -0.2) is 9.78 Å². The van der Waals surface area contributed by atoms with Crippen molar-refractivity contribution in [3.05, 3.63) is 17.7 Å². The molecule has 0 saturated carbocycles. The Morgan fingerprint density at radius 1 is 1.62 bits per heavy atom. The third-order valence-corrected chi connectivity index (χ3v) is 1.68. The predicted molar refractivity (Wildman–Crippen MR) is 46.5 cm³/mol. The minimum Gasteiger partial charge on any atom is -0.234 e. The minimum absolute atomic E-state index is 0.0713. The molecule has 0 aliphatic heterocycles. The van der Waals surface area contributed by atoms with Crippen molar-refractivity contribution >= 4 is 0 Å². The molecule has 0 amide bonds. The van der Waals surface area contributed by atoms with E-state index >= 15 is 0 Å². The molecule has 0 radical (unpaired) electrons. The van der Waals surface area contributed by atoms with E-state index in [9.17, 15) is 4.39 Å². The summed E-state index contributed by atoms with van der Waals surface area (Å²) in [6, 6.07) is 1.90. The van der Waals surface area contributed by atoms with Crippen molar-refractivity contribution in [1.29, 1.82) is 5.26 Å². The van der Waals surface area contributed by atoms with E-state index in [1.165, 1.54) is 10.9 Å². The maximum absolute atomic E-state index is 13.5. The number of rotatable bonds is 1. The smallest absolute Gasteiger partial charge is 0.216 e. The molecule has 3 nitrogen and oxygen atoms in total. The number of hydrogen-bond donors (Lipinski definition) is 0. The molecule has 70 valence electrons. The van der Waals surface area contributed by atoms with Crippen molar-refractivity contribution in [2.24, 2.45) is 0 Å². The van der Waals surface area contributed by atoms with E-state index in [-0.39, 0.29) is 12.0 Å². The molecule has 0 aliphatic carbocycles. The molecule has 1 aromatic rings. The molecule has 0 spiro atoms. The zero-order valence-electron chi connectivity index (χ0n) is 8.00. The van der Waals surface area contributed by atoms with Gasteiger partial charge < -0.3 is 0 Å². The summed E-state index contributed by atoms with van der Waals surface area (Å²) in [6.07, 6.45) is 1.48. The zero-order valence-corrected chi connectivity index (χ0v) is 8.00. The highest BCUT2D eigenvalue weighted by Crippen LogP contribution is 2.17. The number of aromatic nitrogens is 2. The standard InChI is InChI=1S/C9H12FN3/c1-9(2,3)13-8(10)7(4-5-11)6-12-13/h6H,4H2,1-3H3. The molecule has 1 aromatic heterocycles. The third kappa shape index (κ3) is 1.86. The lowest BCUT2D eigenvalue weighted by Gasteiger charge is -2.19. The van der Waals surface area contributed by atoms with E-state index in [1.807, 2.05) is 26.8 Å². The van der Waals surface area contributed by atoms with Gasteiger partial charge in [0.2, 0.25) is 5.95 Å². The summed E-state index contributed by atoms with van der Waals surface area (Å²) in [5, 5.41) is 12.3. The summed E-state index contributed by atoms with van der Waals surface area (Å²) < 4.78 is 14.8. The van der Waals surface area contributed by atoms with Gasteiger partial charge in [0.15, 0.2) is 0 Å². The van der Waals surface area contributed by atoms with Crippen LogP contribution in [0, 0.1) is 17.3 Å². The van der Waals surface area contributed by atoms with Crippen LogP contribution in [-0.2, 0) is 12.0 Å². The second-order valence-electron chi connectivity index (χ2n) is 3.88. The van der Waals surface area contributed by atoms with Crippen LogP contribution in [0.3, 0.4) is 0 Å². The Balaban J connectivity index is 3.08. The van der Waals surface area contributed by atoms with Crippen LogP contribution in [0.4, 0.5) is 4.39 Å². The van der Waals surface area contributed by atoms with E-state index in [0.717, 1.165) is 0 Å². The first kappa shape index (κ1) is 9.72. The fraction of sp³-hybridized carbons (Fsp3) is 0.556. The molecule has 0 atom stereocenters. The second-order valence-corrected chi connectivity index (χ2v) is 3.88. The van der Waals surface area contributed by atoms with Crippen molar-refractivity contribution in [1.82, 2.24) is 9.78 Å². The molecule has 0 unspecified atom stereocenters. The maximum atomic E-state index is 13.5. The molecule has 0 aromatic carbocycles. The number of nitriles is 1. The predicted octanol–water partition coefficient (Wildman–Crippen LogP) is 1.84. The molecule has 0 saturated heterocycles. The van der Waals surface area contributed by atoms with Gasteiger partial charge in [-0.3, -0.25) is 0 Å². The van der Waals surface area contributed by atoms with Crippen LogP contribution < -0.4 is 0 Å². The van der Waals surface area contributed by atoms with E-state index in [4.69, 9.17) is 5.26 Å². The fourth-order valence-corrected chi connectivity index (χ4v) is 1.04. The fourth-order valence-electron chi connectivity index (χ4n) is 1.04. The summed E-state index contributed by atoms with van der Waals surface area (Å²) in [6.45, 7) is 5.58. The first-order chi connectivity index (χ1) is 5.96. The van der Waals surface area contributed by atoms with Gasteiger partial charge in [-0.2, -0.15) is 14.8 Å². The van der Waals surface area contributed by atoms with Crippen LogP contribution >= 0.6 is 0 Å². The van der Waals surface area contributed by atoms with Gasteiger partial charge >= 0.3 is 0 Å². The molecule has 0 bridgehead atoms. The zero-order chi connectivity index (χ0) is 10.1. The summed E-state index contributed by atoms with van der Waals surface area (Å²) in [7, 11) is 0. The second kappa shape index (κ2) is 3.17. The topological polar surface area (TPSA) is 41.6 Å². The highest BCUT2D eigenvalue weighted by molar-refractivity contribution is 5.12. The van der Waals surface area contributed by atoms with E-state index < -0.39 is 5.95 Å². The lowest BCUT2D eigenvalue weighted by atomic mass is 10.1. The minimum atomic E-state index is -0.408. The molecule has 1 rings (SSSR count). The number of nitrogens with zero attached hydrogens (tertiary/aromatic N) is 3. The Morgan fingerprint density at radius 2 is 2.23 bits per heavy atom. The van der Waals surface area contributed by atoms with Gasteiger partial charge in [0.25, 0.3) is 0 Å². The Morgan fingerprint density at radius 3 is 2.62 bits per heavy atom. The van der Waals surface area contributed by atoms with E-state index in [2.05, 4.69) is 5.10 Å². The van der Waals surface area contributed by atoms with Crippen LogP contribution in [0.5, 0.6) is 0 Å². The molecule has 0 N–H and O–H groups in total.